The van der Waals surface area contributed by atoms with E-state index in [-0.39, 0.29) is 0 Å². The van der Waals surface area contributed by atoms with Gasteiger partial charge in [-0.05, 0) is 0 Å². The predicted octanol–water partition coefficient (Wildman–Crippen LogP) is -1.86. The third kappa shape index (κ3) is 15.6. The van der Waals surface area contributed by atoms with Gasteiger partial charge in [0, 0.05) is 69.2 Å². The van der Waals surface area contributed by atoms with Crippen molar-refractivity contribution in [2.24, 2.45) is 0 Å². The molecule has 3 rings (SSSR count). The van der Waals surface area contributed by atoms with Crippen molar-refractivity contribution in [3.8, 4) is 0 Å². The minimum absolute atomic E-state index is 0.623. The molecule has 26 heteroatoms. The quantitative estimate of drug-likeness (QED) is 0.123. The third-order valence-electron chi connectivity index (χ3n) is 8.83. The molecule has 0 spiro atoms. The summed E-state index contributed by atoms with van der Waals surface area (Å²) in [7, 11) is 0. The summed E-state index contributed by atoms with van der Waals surface area (Å²) in [6, 6.07) is 0. The highest BCUT2D eigenvalue weighted by Gasteiger charge is 2.58. The molecule has 26 nitrogen and oxygen atoms in total. The van der Waals surface area contributed by atoms with Crippen LogP contribution in [0.5, 0.6) is 0 Å². The first-order valence-corrected chi connectivity index (χ1v) is 19.4. The number of aliphatic hydroxyl groups excluding tert-OH is 1. The van der Waals surface area contributed by atoms with Crippen molar-refractivity contribution < 1.29 is 124 Å². The number of aliphatic hydroxyl groups is 1. The summed E-state index contributed by atoms with van der Waals surface area (Å²) in [4.78, 5) is 123. The maximum absolute atomic E-state index is 12.7. The van der Waals surface area contributed by atoms with E-state index < -0.39 is 172 Å². The van der Waals surface area contributed by atoms with Crippen LogP contribution in [-0.4, -0.2) is 177 Å². The molecule has 360 valence electrons. The summed E-state index contributed by atoms with van der Waals surface area (Å²) < 4.78 is 83.5. The summed E-state index contributed by atoms with van der Waals surface area (Å²) in [5.74, 6) is -9.44. The van der Waals surface area contributed by atoms with Crippen molar-refractivity contribution in [1.82, 2.24) is 0 Å². The number of carbonyl (C=O) groups excluding carboxylic acids is 10. The van der Waals surface area contributed by atoms with Gasteiger partial charge in [-0.3, -0.25) is 47.9 Å². The van der Waals surface area contributed by atoms with Crippen LogP contribution < -0.4 is 0 Å². The Morgan fingerprint density at radius 1 is 0.344 bits per heavy atom. The Morgan fingerprint density at radius 3 is 1.02 bits per heavy atom. The van der Waals surface area contributed by atoms with Crippen LogP contribution in [0.25, 0.3) is 0 Å². The number of hydrogen-bond donors (Lipinski definition) is 1. The van der Waals surface area contributed by atoms with Crippen molar-refractivity contribution in [3.05, 3.63) is 0 Å². The van der Waals surface area contributed by atoms with Gasteiger partial charge in [0.15, 0.2) is 67.7 Å². The molecule has 0 aliphatic carbocycles. The number of esters is 10. The first-order chi connectivity index (χ1) is 29.9. The van der Waals surface area contributed by atoms with Crippen molar-refractivity contribution >= 4 is 59.7 Å². The Kier molecular flexibility index (Phi) is 19.8. The first kappa shape index (κ1) is 52.8. The second-order valence-electron chi connectivity index (χ2n) is 14.3. The average molecular weight is 925 g/mol. The fraction of sp³-hybridized carbons (Fsp3) is 0.737. The zero-order valence-electron chi connectivity index (χ0n) is 36.4. The van der Waals surface area contributed by atoms with E-state index in [1.165, 1.54) is 0 Å². The largest absolute Gasteiger partial charge is 0.463 e. The second-order valence-corrected chi connectivity index (χ2v) is 14.3. The zero-order chi connectivity index (χ0) is 48.2. The van der Waals surface area contributed by atoms with Gasteiger partial charge in [0.1, 0.15) is 37.6 Å². The van der Waals surface area contributed by atoms with E-state index in [1.54, 1.807) is 0 Å². The molecule has 3 heterocycles. The monoisotopic (exact) mass is 924 g/mol. The van der Waals surface area contributed by atoms with Crippen molar-refractivity contribution in [3.63, 3.8) is 0 Å². The maximum Gasteiger partial charge on any atom is 0.303 e. The minimum Gasteiger partial charge on any atom is -0.463 e. The molecule has 0 saturated carbocycles. The lowest BCUT2D eigenvalue weighted by atomic mass is 9.95. The van der Waals surface area contributed by atoms with Crippen LogP contribution in [0.2, 0.25) is 0 Å². The molecule has 1 N–H and O–H groups in total. The standard InChI is InChI=1S/C38H52O26/c1-14(39)50-11-25-28(54-17(4)42)31(56-19(6)44)34(59-22(9)47)37(62-25)52-13-24-27(53-16(3)41)30(33(36(49)61-24)58-21(8)46)64-38-35(60-23(10)48)32(57-20(7)45)29(55-18(5)43)26(63-38)12-51-15(2)40/h24-38,49H,11-13H2,1-10H3/t24-,25-,26-,27-,28-,29-,30+,31+,32+,33+,34+,35+,36+,37+,38-/m1/s1. The van der Waals surface area contributed by atoms with Gasteiger partial charge in [0.25, 0.3) is 0 Å². The molecule has 0 bridgehead atoms. The minimum atomic E-state index is -2.17. The molecular weight excluding hydrogens is 872 g/mol. The fourth-order valence-corrected chi connectivity index (χ4v) is 6.80. The lowest BCUT2D eigenvalue weighted by molar-refractivity contribution is -0.363. The molecule has 3 fully saturated rings. The Labute approximate surface area is 364 Å². The molecule has 3 saturated heterocycles. The molecule has 3 aliphatic rings. The average Bonchev–Trinajstić information content (AvgIpc) is 3.14. The molecule has 64 heavy (non-hydrogen) atoms. The van der Waals surface area contributed by atoms with Crippen LogP contribution in [0.15, 0.2) is 0 Å². The van der Waals surface area contributed by atoms with E-state index in [2.05, 4.69) is 0 Å². The van der Waals surface area contributed by atoms with E-state index in [0.29, 0.717) is 0 Å². The first-order valence-electron chi connectivity index (χ1n) is 19.4. The molecule has 0 unspecified atom stereocenters. The normalized spacial score (nSPS) is 32.3. The molecule has 0 aromatic heterocycles. The SMILES string of the molecule is CC(=O)OC[C@H]1O[C@H](OC[C@H]2O[C@H](O)[C@@H](OC(C)=O)[C@@H](O[C@H]3O[C@H](COC(C)=O)[C@@H](OC(C)=O)[C@H](OC(C)=O)[C@@H]3OC(C)=O)[C@@H]2OC(C)=O)[C@@H](OC(C)=O)[C@@H](OC(C)=O)[C@@H]1OC(C)=O. The van der Waals surface area contributed by atoms with E-state index >= 15 is 0 Å². The van der Waals surface area contributed by atoms with E-state index in [4.69, 9.17) is 71.1 Å². The Bertz CT molecular complexity index is 1730. The van der Waals surface area contributed by atoms with Gasteiger partial charge in [-0.1, -0.05) is 0 Å². The van der Waals surface area contributed by atoms with Gasteiger partial charge < -0.3 is 76.2 Å². The lowest BCUT2D eigenvalue weighted by Gasteiger charge is -2.48. The van der Waals surface area contributed by atoms with Gasteiger partial charge >= 0.3 is 59.7 Å². The highest BCUT2D eigenvalue weighted by atomic mass is 16.8. The second kappa shape index (κ2) is 23.9. The smallest absolute Gasteiger partial charge is 0.303 e. The number of carbonyl (C=O) groups is 10. The summed E-state index contributed by atoms with van der Waals surface area (Å²) in [5, 5.41) is 11.4. The van der Waals surface area contributed by atoms with Crippen LogP contribution in [0.1, 0.15) is 69.2 Å². The highest BCUT2D eigenvalue weighted by molar-refractivity contribution is 5.70. The van der Waals surface area contributed by atoms with Crippen LogP contribution >= 0.6 is 0 Å². The van der Waals surface area contributed by atoms with Crippen LogP contribution in [0, 0.1) is 0 Å². The third-order valence-corrected chi connectivity index (χ3v) is 8.83. The van der Waals surface area contributed by atoms with Gasteiger partial charge in [0.2, 0.25) is 0 Å². The van der Waals surface area contributed by atoms with Crippen molar-refractivity contribution in [1.29, 1.82) is 0 Å². The van der Waals surface area contributed by atoms with Gasteiger partial charge in [-0.2, -0.15) is 0 Å². The number of rotatable bonds is 17. The molecule has 0 radical (unpaired) electrons. The molecule has 0 amide bonds. The Balaban J connectivity index is 2.16. The predicted molar refractivity (Wildman–Crippen MR) is 197 cm³/mol. The van der Waals surface area contributed by atoms with Crippen molar-refractivity contribution in [2.45, 2.75) is 161 Å². The molecular formula is C38H52O26. The Hall–Kier alpha value is -5.54. The highest BCUT2D eigenvalue weighted by Crippen LogP contribution is 2.36. The van der Waals surface area contributed by atoms with Crippen LogP contribution in [-0.2, 0) is 119 Å². The van der Waals surface area contributed by atoms with Crippen LogP contribution in [0.3, 0.4) is 0 Å². The molecule has 0 aromatic rings. The summed E-state index contributed by atoms with van der Waals surface area (Å²) >= 11 is 0. The topological polar surface area (TPSA) is 329 Å². The van der Waals surface area contributed by atoms with Crippen molar-refractivity contribution in [2.75, 3.05) is 19.8 Å². The summed E-state index contributed by atoms with van der Waals surface area (Å²) in [5.41, 5.74) is 0. The number of hydrogen-bond acceptors (Lipinski definition) is 26. The molecule has 3 aliphatic heterocycles. The fourth-order valence-electron chi connectivity index (χ4n) is 6.80. The lowest BCUT2D eigenvalue weighted by Crippen LogP contribution is -2.67. The van der Waals surface area contributed by atoms with E-state index in [1.807, 2.05) is 0 Å². The van der Waals surface area contributed by atoms with E-state index in [0.717, 1.165) is 69.2 Å². The van der Waals surface area contributed by atoms with Gasteiger partial charge in [-0.25, -0.2) is 0 Å². The number of ether oxygens (including phenoxy) is 15. The maximum atomic E-state index is 12.7. The van der Waals surface area contributed by atoms with Gasteiger partial charge in [-0.15, -0.1) is 0 Å². The van der Waals surface area contributed by atoms with E-state index in [9.17, 15) is 53.1 Å². The zero-order valence-corrected chi connectivity index (χ0v) is 36.4. The summed E-state index contributed by atoms with van der Waals surface area (Å²) in [6.45, 7) is 7.78. The Morgan fingerprint density at radius 2 is 0.641 bits per heavy atom. The molecule has 15 atom stereocenters. The van der Waals surface area contributed by atoms with Gasteiger partial charge in [0.05, 0.1) is 6.61 Å². The molecule has 0 aromatic carbocycles. The van der Waals surface area contributed by atoms with Crippen LogP contribution in [0.4, 0.5) is 0 Å². The summed E-state index contributed by atoms with van der Waals surface area (Å²) in [6.07, 6.45) is -26.5.